The molecule has 0 saturated heterocycles. The van der Waals surface area contributed by atoms with Gasteiger partial charge in [-0.1, -0.05) is 0 Å². The largest absolute Gasteiger partial charge is 0.391 e. The molecule has 3 N–H and O–H groups in total. The van der Waals surface area contributed by atoms with Crippen LogP contribution in [0.4, 0.5) is 0 Å². The van der Waals surface area contributed by atoms with E-state index in [0.29, 0.717) is 6.29 Å². The molecule has 0 radical (unpaired) electrons. The third-order valence-electron chi connectivity index (χ3n) is 1.93. The highest BCUT2D eigenvalue weighted by atomic mass is 16.3. The van der Waals surface area contributed by atoms with Crippen LogP contribution in [-0.4, -0.2) is 65.0 Å². The van der Waals surface area contributed by atoms with Crippen LogP contribution in [0, 0.1) is 0 Å². The maximum Gasteiger partial charge on any atom is 0.150 e. The van der Waals surface area contributed by atoms with E-state index in [9.17, 15) is 15.0 Å². The van der Waals surface area contributed by atoms with Gasteiger partial charge in [0.05, 0.1) is 18.2 Å². The Morgan fingerprint density at radius 3 is 1.92 bits per heavy atom. The Bertz CT molecular complexity index is 160. The Labute approximate surface area is 77.6 Å². The van der Waals surface area contributed by atoms with Gasteiger partial charge in [-0.05, 0) is 21.0 Å². The van der Waals surface area contributed by atoms with Crippen molar-refractivity contribution in [3.63, 3.8) is 0 Å². The lowest BCUT2D eigenvalue weighted by molar-refractivity contribution is -0.123. The van der Waals surface area contributed by atoms with E-state index < -0.39 is 24.4 Å². The molecule has 0 aliphatic carbocycles. The smallest absolute Gasteiger partial charge is 0.150 e. The summed E-state index contributed by atoms with van der Waals surface area (Å²) in [6.07, 6.45) is -3.08. The zero-order valence-electron chi connectivity index (χ0n) is 8.08. The summed E-state index contributed by atoms with van der Waals surface area (Å²) in [5.41, 5.74) is 0. The minimum atomic E-state index is -1.29. The first-order valence-electron chi connectivity index (χ1n) is 4.07. The molecule has 5 heteroatoms. The number of carbonyl (C=O) groups excluding carboxylic acids is 1. The second-order valence-electron chi connectivity index (χ2n) is 3.31. The van der Waals surface area contributed by atoms with Crippen molar-refractivity contribution in [2.75, 3.05) is 14.1 Å². The molecular weight excluding hydrogens is 174 g/mol. The Balaban J connectivity index is 4.50. The highest BCUT2D eigenvalue weighted by molar-refractivity contribution is 5.57. The number of aldehydes is 1. The quantitative estimate of drug-likeness (QED) is 0.448. The lowest BCUT2D eigenvalue weighted by atomic mass is 10.0. The molecule has 4 unspecified atom stereocenters. The van der Waals surface area contributed by atoms with Gasteiger partial charge in [0.2, 0.25) is 0 Å². The standard InChI is InChI=1S/C8H17NO4/c1-5(11)8(13)7(9(2)3)6(12)4-10/h4-8,11-13H,1-3H3. The second kappa shape index (κ2) is 5.29. The van der Waals surface area contributed by atoms with Crippen molar-refractivity contribution in [1.82, 2.24) is 4.90 Å². The monoisotopic (exact) mass is 191 g/mol. The predicted molar refractivity (Wildman–Crippen MR) is 47.2 cm³/mol. The van der Waals surface area contributed by atoms with Crippen LogP contribution in [0.5, 0.6) is 0 Å². The number of carbonyl (C=O) groups is 1. The minimum absolute atomic E-state index is 0.344. The minimum Gasteiger partial charge on any atom is -0.391 e. The van der Waals surface area contributed by atoms with Gasteiger partial charge in [0.25, 0.3) is 0 Å². The van der Waals surface area contributed by atoms with Gasteiger partial charge in [-0.15, -0.1) is 0 Å². The van der Waals surface area contributed by atoms with E-state index in [-0.39, 0.29) is 0 Å². The highest BCUT2D eigenvalue weighted by Crippen LogP contribution is 2.08. The zero-order valence-corrected chi connectivity index (χ0v) is 8.08. The zero-order chi connectivity index (χ0) is 10.6. The van der Waals surface area contributed by atoms with Crippen molar-refractivity contribution in [2.24, 2.45) is 0 Å². The molecule has 0 spiro atoms. The molecule has 0 aromatic carbocycles. The van der Waals surface area contributed by atoms with Crippen molar-refractivity contribution < 1.29 is 20.1 Å². The molecule has 13 heavy (non-hydrogen) atoms. The lowest BCUT2D eigenvalue weighted by Gasteiger charge is -2.31. The molecule has 0 aliphatic rings. The van der Waals surface area contributed by atoms with Gasteiger partial charge in [0.15, 0.2) is 0 Å². The average molecular weight is 191 g/mol. The number of nitrogens with zero attached hydrogens (tertiary/aromatic N) is 1. The lowest BCUT2D eigenvalue weighted by Crippen LogP contribution is -2.52. The first-order valence-corrected chi connectivity index (χ1v) is 4.07. The van der Waals surface area contributed by atoms with Gasteiger partial charge in [0, 0.05) is 0 Å². The van der Waals surface area contributed by atoms with Gasteiger partial charge >= 0.3 is 0 Å². The van der Waals surface area contributed by atoms with E-state index >= 15 is 0 Å². The summed E-state index contributed by atoms with van der Waals surface area (Å²) < 4.78 is 0. The molecule has 4 atom stereocenters. The summed E-state index contributed by atoms with van der Waals surface area (Å²) >= 11 is 0. The number of aliphatic hydroxyl groups excluding tert-OH is 3. The molecule has 0 rings (SSSR count). The van der Waals surface area contributed by atoms with E-state index in [1.54, 1.807) is 14.1 Å². The Morgan fingerprint density at radius 1 is 1.23 bits per heavy atom. The Hall–Kier alpha value is -0.490. The fourth-order valence-electron chi connectivity index (χ4n) is 1.18. The molecule has 0 heterocycles. The average Bonchev–Trinajstić information content (AvgIpc) is 2.03. The SMILES string of the molecule is CC(O)C(O)C(C(O)C=O)N(C)C. The molecule has 0 bridgehead atoms. The fraction of sp³-hybridized carbons (Fsp3) is 0.875. The summed E-state index contributed by atoms with van der Waals surface area (Å²) in [4.78, 5) is 11.8. The molecule has 78 valence electrons. The molecular formula is C8H17NO4. The van der Waals surface area contributed by atoms with Gasteiger partial charge in [0.1, 0.15) is 12.4 Å². The Morgan fingerprint density at radius 2 is 1.69 bits per heavy atom. The third-order valence-corrected chi connectivity index (χ3v) is 1.93. The van der Waals surface area contributed by atoms with E-state index in [2.05, 4.69) is 0 Å². The topological polar surface area (TPSA) is 81.0 Å². The van der Waals surface area contributed by atoms with Crippen molar-refractivity contribution in [1.29, 1.82) is 0 Å². The number of hydrogen-bond acceptors (Lipinski definition) is 5. The van der Waals surface area contributed by atoms with E-state index in [1.165, 1.54) is 11.8 Å². The van der Waals surface area contributed by atoms with Crippen LogP contribution >= 0.6 is 0 Å². The molecule has 0 amide bonds. The summed E-state index contributed by atoms with van der Waals surface area (Å²) in [5.74, 6) is 0. The Kier molecular flexibility index (Phi) is 5.09. The fourth-order valence-corrected chi connectivity index (χ4v) is 1.18. The van der Waals surface area contributed by atoms with E-state index in [0.717, 1.165) is 0 Å². The van der Waals surface area contributed by atoms with Crippen LogP contribution < -0.4 is 0 Å². The highest BCUT2D eigenvalue weighted by Gasteiger charge is 2.31. The normalized spacial score (nSPS) is 20.8. The molecule has 0 aromatic rings. The molecule has 0 aliphatic heterocycles. The van der Waals surface area contributed by atoms with Crippen LogP contribution in [-0.2, 0) is 4.79 Å². The van der Waals surface area contributed by atoms with Crippen molar-refractivity contribution in [3.05, 3.63) is 0 Å². The maximum atomic E-state index is 10.3. The van der Waals surface area contributed by atoms with Crippen LogP contribution in [0.15, 0.2) is 0 Å². The summed E-state index contributed by atoms with van der Waals surface area (Å²) in [5, 5.41) is 27.8. The van der Waals surface area contributed by atoms with Crippen molar-refractivity contribution in [2.45, 2.75) is 31.3 Å². The van der Waals surface area contributed by atoms with Crippen LogP contribution in [0.2, 0.25) is 0 Å². The van der Waals surface area contributed by atoms with Gasteiger partial charge in [-0.2, -0.15) is 0 Å². The summed E-state index contributed by atoms with van der Waals surface area (Å²) in [7, 11) is 3.23. The molecule has 5 nitrogen and oxygen atoms in total. The maximum absolute atomic E-state index is 10.3. The third kappa shape index (κ3) is 3.40. The van der Waals surface area contributed by atoms with Crippen molar-refractivity contribution in [3.8, 4) is 0 Å². The molecule has 0 saturated carbocycles. The molecule has 0 aromatic heterocycles. The van der Waals surface area contributed by atoms with Crippen LogP contribution in [0.25, 0.3) is 0 Å². The summed E-state index contributed by atoms with van der Waals surface area (Å²) in [6, 6.07) is -0.780. The molecule has 0 fully saturated rings. The second-order valence-corrected chi connectivity index (χ2v) is 3.31. The number of hydrogen-bond donors (Lipinski definition) is 3. The van der Waals surface area contributed by atoms with Gasteiger partial charge in [-0.25, -0.2) is 0 Å². The number of likely N-dealkylation sites (N-methyl/N-ethyl adjacent to an activating group) is 1. The van der Waals surface area contributed by atoms with E-state index in [1.807, 2.05) is 0 Å². The number of aliphatic hydroxyl groups is 3. The van der Waals surface area contributed by atoms with Crippen LogP contribution in [0.1, 0.15) is 6.92 Å². The predicted octanol–water partition coefficient (Wildman–Crippen LogP) is -1.78. The van der Waals surface area contributed by atoms with E-state index in [4.69, 9.17) is 5.11 Å². The van der Waals surface area contributed by atoms with Crippen molar-refractivity contribution >= 4 is 6.29 Å². The van der Waals surface area contributed by atoms with Crippen LogP contribution in [0.3, 0.4) is 0 Å². The van der Waals surface area contributed by atoms with Gasteiger partial charge in [-0.3, -0.25) is 0 Å². The number of rotatable bonds is 5. The summed E-state index contributed by atoms with van der Waals surface area (Å²) in [6.45, 7) is 1.40. The first-order chi connectivity index (χ1) is 5.91. The first kappa shape index (κ1) is 12.5. The van der Waals surface area contributed by atoms with Gasteiger partial charge < -0.3 is 25.0 Å².